The van der Waals surface area contributed by atoms with Crippen LogP contribution in [0.1, 0.15) is 6.42 Å². The fourth-order valence-corrected chi connectivity index (χ4v) is 3.18. The molecular weight excluding hydrogens is 150 g/mol. The second-order valence-electron chi connectivity index (χ2n) is 2.83. The summed E-state index contributed by atoms with van der Waals surface area (Å²) in [4.78, 5) is 0. The molecule has 1 rings (SSSR count). The highest BCUT2D eigenvalue weighted by atomic mass is 32.2. The molecule has 1 aliphatic rings. The standard InChI is InChI=1S/C6H13NO2S/c1-7-4-6-2-3-10(8,9)5-6/h6-7H,2-5H2,1H3/t6-/m0/s1. The first kappa shape index (κ1) is 8.01. The average molecular weight is 163 g/mol. The molecule has 0 unspecified atom stereocenters. The normalized spacial score (nSPS) is 30.7. The molecule has 1 heterocycles. The van der Waals surface area contributed by atoms with E-state index in [1.807, 2.05) is 7.05 Å². The summed E-state index contributed by atoms with van der Waals surface area (Å²) in [6.45, 7) is 0.833. The zero-order valence-corrected chi connectivity index (χ0v) is 6.95. The van der Waals surface area contributed by atoms with Crippen LogP contribution in [-0.2, 0) is 9.84 Å². The molecule has 1 saturated heterocycles. The van der Waals surface area contributed by atoms with E-state index in [0.29, 0.717) is 17.4 Å². The summed E-state index contributed by atoms with van der Waals surface area (Å²) in [5.41, 5.74) is 0. The van der Waals surface area contributed by atoms with Gasteiger partial charge >= 0.3 is 0 Å². The molecule has 0 saturated carbocycles. The SMILES string of the molecule is CNC[C@@H]1CCS(=O)(=O)C1. The van der Waals surface area contributed by atoms with Crippen LogP contribution in [0.4, 0.5) is 0 Å². The van der Waals surface area contributed by atoms with Crippen molar-refractivity contribution in [1.82, 2.24) is 5.32 Å². The molecule has 3 nitrogen and oxygen atoms in total. The monoisotopic (exact) mass is 163 g/mol. The maximum Gasteiger partial charge on any atom is 0.150 e. The van der Waals surface area contributed by atoms with Crippen LogP contribution < -0.4 is 5.32 Å². The molecule has 0 bridgehead atoms. The van der Waals surface area contributed by atoms with E-state index in [9.17, 15) is 8.42 Å². The number of hydrogen-bond acceptors (Lipinski definition) is 3. The highest BCUT2D eigenvalue weighted by Crippen LogP contribution is 2.16. The first-order valence-corrected chi connectivity index (χ1v) is 5.31. The predicted molar refractivity (Wildman–Crippen MR) is 40.7 cm³/mol. The lowest BCUT2D eigenvalue weighted by Crippen LogP contribution is -2.19. The van der Waals surface area contributed by atoms with Gasteiger partial charge in [-0.1, -0.05) is 0 Å². The topological polar surface area (TPSA) is 46.2 Å². The van der Waals surface area contributed by atoms with Gasteiger partial charge in [-0.15, -0.1) is 0 Å². The molecule has 0 aliphatic carbocycles. The summed E-state index contributed by atoms with van der Waals surface area (Å²) in [6, 6.07) is 0. The molecule has 0 aromatic carbocycles. The van der Waals surface area contributed by atoms with Gasteiger partial charge in [0.2, 0.25) is 0 Å². The van der Waals surface area contributed by atoms with Crippen molar-refractivity contribution >= 4 is 9.84 Å². The van der Waals surface area contributed by atoms with Gasteiger partial charge in [0.15, 0.2) is 9.84 Å². The first-order valence-electron chi connectivity index (χ1n) is 3.49. The first-order chi connectivity index (χ1) is 4.64. The summed E-state index contributed by atoms with van der Waals surface area (Å²) in [6.07, 6.45) is 0.836. The number of nitrogens with one attached hydrogen (secondary N) is 1. The van der Waals surface area contributed by atoms with Gasteiger partial charge < -0.3 is 5.32 Å². The summed E-state index contributed by atoms with van der Waals surface area (Å²) in [5.74, 6) is 1.13. The van der Waals surface area contributed by atoms with Crippen molar-refractivity contribution in [2.24, 2.45) is 5.92 Å². The van der Waals surface area contributed by atoms with Gasteiger partial charge in [-0.2, -0.15) is 0 Å². The Morgan fingerprint density at radius 1 is 1.60 bits per heavy atom. The van der Waals surface area contributed by atoms with Crippen molar-refractivity contribution < 1.29 is 8.42 Å². The Morgan fingerprint density at radius 3 is 2.70 bits per heavy atom. The zero-order valence-electron chi connectivity index (χ0n) is 6.13. The lowest BCUT2D eigenvalue weighted by atomic mass is 10.1. The number of hydrogen-bond donors (Lipinski definition) is 1. The van der Waals surface area contributed by atoms with Crippen molar-refractivity contribution in [3.05, 3.63) is 0 Å². The van der Waals surface area contributed by atoms with Crippen LogP contribution in [0.5, 0.6) is 0 Å². The van der Waals surface area contributed by atoms with Crippen molar-refractivity contribution in [3.8, 4) is 0 Å². The fourth-order valence-electron chi connectivity index (χ4n) is 1.32. The van der Waals surface area contributed by atoms with Gasteiger partial charge in [0.05, 0.1) is 11.5 Å². The molecule has 10 heavy (non-hydrogen) atoms. The van der Waals surface area contributed by atoms with Gasteiger partial charge in [-0.3, -0.25) is 0 Å². The van der Waals surface area contributed by atoms with Crippen molar-refractivity contribution in [2.75, 3.05) is 25.1 Å². The molecule has 0 amide bonds. The Hall–Kier alpha value is -0.0900. The molecule has 60 valence electrons. The maximum absolute atomic E-state index is 10.9. The van der Waals surface area contributed by atoms with Crippen LogP contribution in [0.25, 0.3) is 0 Å². The Kier molecular flexibility index (Phi) is 2.31. The van der Waals surface area contributed by atoms with Gasteiger partial charge in [-0.05, 0) is 25.9 Å². The molecule has 0 aromatic rings. The minimum atomic E-state index is -2.66. The average Bonchev–Trinajstić information content (AvgIpc) is 2.12. The molecule has 0 aromatic heterocycles. The summed E-state index contributed by atoms with van der Waals surface area (Å²) < 4.78 is 21.8. The van der Waals surface area contributed by atoms with Gasteiger partial charge in [-0.25, -0.2) is 8.42 Å². The Bertz CT molecular complexity index is 198. The summed E-state index contributed by atoms with van der Waals surface area (Å²) >= 11 is 0. The molecule has 1 fully saturated rings. The smallest absolute Gasteiger partial charge is 0.150 e. The van der Waals surface area contributed by atoms with Crippen molar-refractivity contribution in [1.29, 1.82) is 0 Å². The van der Waals surface area contributed by atoms with Crippen LogP contribution in [-0.4, -0.2) is 33.5 Å². The van der Waals surface area contributed by atoms with Crippen LogP contribution in [0.15, 0.2) is 0 Å². The highest BCUT2D eigenvalue weighted by molar-refractivity contribution is 7.91. The summed E-state index contributed by atoms with van der Waals surface area (Å²) in [5, 5.41) is 2.98. The second-order valence-corrected chi connectivity index (χ2v) is 5.06. The van der Waals surface area contributed by atoms with Gasteiger partial charge in [0.1, 0.15) is 0 Å². The summed E-state index contributed by atoms with van der Waals surface area (Å²) in [7, 11) is -0.806. The quantitative estimate of drug-likeness (QED) is 0.604. The largest absolute Gasteiger partial charge is 0.319 e. The van der Waals surface area contributed by atoms with Gasteiger partial charge in [0.25, 0.3) is 0 Å². The second kappa shape index (κ2) is 2.88. The van der Waals surface area contributed by atoms with E-state index in [2.05, 4.69) is 5.32 Å². The zero-order chi connectivity index (χ0) is 7.61. The van der Waals surface area contributed by atoms with E-state index in [1.165, 1.54) is 0 Å². The lowest BCUT2D eigenvalue weighted by molar-refractivity contribution is 0.552. The maximum atomic E-state index is 10.9. The van der Waals surface area contributed by atoms with E-state index in [-0.39, 0.29) is 0 Å². The third-order valence-corrected chi connectivity index (χ3v) is 3.66. The van der Waals surface area contributed by atoms with E-state index in [1.54, 1.807) is 0 Å². The highest BCUT2D eigenvalue weighted by Gasteiger charge is 2.26. The Labute approximate surface area is 61.7 Å². The van der Waals surface area contributed by atoms with E-state index < -0.39 is 9.84 Å². The molecule has 1 aliphatic heterocycles. The molecule has 4 heteroatoms. The van der Waals surface area contributed by atoms with Crippen molar-refractivity contribution in [2.45, 2.75) is 6.42 Å². The lowest BCUT2D eigenvalue weighted by Gasteiger charge is -2.03. The van der Waals surface area contributed by atoms with Crippen molar-refractivity contribution in [3.63, 3.8) is 0 Å². The van der Waals surface area contributed by atoms with Crippen LogP contribution >= 0.6 is 0 Å². The Balaban J connectivity index is 2.44. The molecule has 0 radical (unpaired) electrons. The number of sulfone groups is 1. The van der Waals surface area contributed by atoms with E-state index >= 15 is 0 Å². The molecule has 1 N–H and O–H groups in total. The molecular formula is C6H13NO2S. The minimum Gasteiger partial charge on any atom is -0.319 e. The third kappa shape index (κ3) is 1.95. The number of rotatable bonds is 2. The molecule has 1 atom stereocenters. The third-order valence-electron chi connectivity index (χ3n) is 1.82. The van der Waals surface area contributed by atoms with Gasteiger partial charge in [0, 0.05) is 0 Å². The Morgan fingerprint density at radius 2 is 2.30 bits per heavy atom. The van der Waals surface area contributed by atoms with Crippen LogP contribution in [0.3, 0.4) is 0 Å². The van der Waals surface area contributed by atoms with Crippen LogP contribution in [0, 0.1) is 5.92 Å². The van der Waals surface area contributed by atoms with E-state index in [4.69, 9.17) is 0 Å². The predicted octanol–water partition coefficient (Wildman–Crippen LogP) is -0.359. The van der Waals surface area contributed by atoms with E-state index in [0.717, 1.165) is 13.0 Å². The molecule has 0 spiro atoms. The fraction of sp³-hybridized carbons (Fsp3) is 1.00. The minimum absolute atomic E-state index is 0.356. The van der Waals surface area contributed by atoms with Crippen LogP contribution in [0.2, 0.25) is 0 Å².